The summed E-state index contributed by atoms with van der Waals surface area (Å²) in [6.45, 7) is 0. The molecular formula is C19H13N3O7S2. The molecule has 3 aromatic carbocycles. The molecule has 0 atom stereocenters. The maximum atomic E-state index is 11.8. The normalized spacial score (nSPS) is 12.7. The number of hydrogen-bond acceptors (Lipinski definition) is 8. The molecule has 4 aromatic rings. The van der Waals surface area contributed by atoms with Crippen LogP contribution in [0.25, 0.3) is 21.7 Å². The van der Waals surface area contributed by atoms with Crippen LogP contribution in [0.2, 0.25) is 0 Å². The third-order valence-corrected chi connectivity index (χ3v) is 6.26. The number of benzene rings is 3. The molecule has 0 radical (unpaired) electrons. The van der Waals surface area contributed by atoms with Gasteiger partial charge >= 0.3 is 0 Å². The van der Waals surface area contributed by atoms with E-state index in [4.69, 9.17) is 0 Å². The van der Waals surface area contributed by atoms with Gasteiger partial charge in [-0.05, 0) is 29.7 Å². The maximum Gasteiger partial charge on any atom is 0.296 e. The second-order valence-electron chi connectivity index (χ2n) is 6.43. The lowest BCUT2D eigenvalue weighted by atomic mass is 10.1. The van der Waals surface area contributed by atoms with Crippen LogP contribution < -0.4 is 0 Å². The first-order valence-electron chi connectivity index (χ1n) is 8.56. The number of nitrogens with zero attached hydrogens (tertiary/aromatic N) is 3. The van der Waals surface area contributed by atoms with Gasteiger partial charge in [-0.15, -0.1) is 10.2 Å². The first kappa shape index (κ1) is 20.8. The minimum absolute atomic E-state index is 0.0368. The molecule has 31 heavy (non-hydrogen) atoms. The zero-order valence-corrected chi connectivity index (χ0v) is 17.0. The number of phenols is 1. The molecule has 0 aliphatic rings. The number of aromatic nitrogens is 1. The van der Waals surface area contributed by atoms with E-state index in [9.17, 15) is 31.0 Å². The minimum Gasteiger partial charge on any atom is -0.504 e. The first-order chi connectivity index (χ1) is 14.6. The SMILES string of the molecule is O=S(=O)(O)c1ccc2ccccc2c1N=Nc1cc(S(=O)(=O)O)c2cccnc2c1O. The number of phenolic OH excluding ortho intramolecular Hbond substituents is 1. The minimum atomic E-state index is -4.71. The predicted molar refractivity (Wildman–Crippen MR) is 111 cm³/mol. The summed E-state index contributed by atoms with van der Waals surface area (Å²) in [6.07, 6.45) is 1.30. The Bertz CT molecular complexity index is 1600. The van der Waals surface area contributed by atoms with Crippen molar-refractivity contribution in [1.82, 2.24) is 4.98 Å². The summed E-state index contributed by atoms with van der Waals surface area (Å²) in [5.41, 5.74) is -0.748. The molecule has 3 N–H and O–H groups in total. The van der Waals surface area contributed by atoms with Gasteiger partial charge in [0.25, 0.3) is 20.2 Å². The molecule has 1 aromatic heterocycles. The fourth-order valence-corrected chi connectivity index (χ4v) is 4.46. The predicted octanol–water partition coefficient (Wildman–Crippen LogP) is 4.00. The van der Waals surface area contributed by atoms with Crippen LogP contribution in [0, 0.1) is 0 Å². The van der Waals surface area contributed by atoms with Gasteiger partial charge in [0.1, 0.15) is 26.7 Å². The van der Waals surface area contributed by atoms with E-state index < -0.39 is 35.8 Å². The van der Waals surface area contributed by atoms with E-state index in [-0.39, 0.29) is 22.3 Å². The molecule has 10 nitrogen and oxygen atoms in total. The van der Waals surface area contributed by atoms with Gasteiger partial charge in [0.15, 0.2) is 5.75 Å². The molecule has 0 saturated heterocycles. The van der Waals surface area contributed by atoms with Gasteiger partial charge in [0, 0.05) is 17.0 Å². The number of hydrogen-bond donors (Lipinski definition) is 3. The van der Waals surface area contributed by atoms with Gasteiger partial charge < -0.3 is 5.11 Å². The third kappa shape index (κ3) is 3.84. The van der Waals surface area contributed by atoms with Crippen molar-refractivity contribution < 1.29 is 31.0 Å². The highest BCUT2D eigenvalue weighted by Gasteiger charge is 2.21. The molecule has 158 valence electrons. The Morgan fingerprint density at radius 3 is 2.16 bits per heavy atom. The van der Waals surface area contributed by atoms with Crippen molar-refractivity contribution in [2.24, 2.45) is 10.2 Å². The Balaban J connectivity index is 2.01. The second-order valence-corrected chi connectivity index (χ2v) is 9.21. The summed E-state index contributed by atoms with van der Waals surface area (Å²) in [7, 11) is -9.38. The van der Waals surface area contributed by atoms with Crippen LogP contribution in [0.1, 0.15) is 0 Å². The number of fused-ring (bicyclic) bond motifs is 2. The Morgan fingerprint density at radius 2 is 1.45 bits per heavy atom. The fraction of sp³-hybridized carbons (Fsp3) is 0. The molecule has 12 heteroatoms. The second kappa shape index (κ2) is 7.35. The van der Waals surface area contributed by atoms with Crippen molar-refractivity contribution in [3.63, 3.8) is 0 Å². The molecule has 0 aliphatic heterocycles. The lowest BCUT2D eigenvalue weighted by Crippen LogP contribution is -2.00. The molecule has 0 bridgehead atoms. The van der Waals surface area contributed by atoms with E-state index in [0.29, 0.717) is 10.8 Å². The number of aromatic hydroxyl groups is 1. The van der Waals surface area contributed by atoms with Crippen LogP contribution in [0.15, 0.2) is 80.8 Å². The van der Waals surface area contributed by atoms with Crippen LogP contribution in [0.4, 0.5) is 11.4 Å². The first-order valence-corrected chi connectivity index (χ1v) is 11.4. The molecular weight excluding hydrogens is 446 g/mol. The number of rotatable bonds is 4. The summed E-state index contributed by atoms with van der Waals surface area (Å²) in [5, 5.41) is 19.1. The topological polar surface area (TPSA) is 167 Å². The van der Waals surface area contributed by atoms with E-state index in [1.54, 1.807) is 24.3 Å². The highest BCUT2D eigenvalue weighted by molar-refractivity contribution is 7.86. The molecule has 0 aliphatic carbocycles. The lowest BCUT2D eigenvalue weighted by Gasteiger charge is -2.08. The monoisotopic (exact) mass is 459 g/mol. The molecule has 0 amide bonds. The van der Waals surface area contributed by atoms with E-state index in [1.807, 2.05) is 0 Å². The van der Waals surface area contributed by atoms with Crippen molar-refractivity contribution in [2.45, 2.75) is 9.79 Å². The summed E-state index contributed by atoms with van der Waals surface area (Å²) >= 11 is 0. The van der Waals surface area contributed by atoms with Crippen LogP contribution in [-0.4, -0.2) is 36.0 Å². The van der Waals surface area contributed by atoms with Gasteiger partial charge in [0.05, 0.1) is 0 Å². The fourth-order valence-electron chi connectivity index (χ4n) is 3.12. The Hall–Kier alpha value is -3.45. The van der Waals surface area contributed by atoms with Crippen molar-refractivity contribution in [2.75, 3.05) is 0 Å². The largest absolute Gasteiger partial charge is 0.504 e. The third-order valence-electron chi connectivity index (χ3n) is 4.49. The van der Waals surface area contributed by atoms with Crippen molar-refractivity contribution in [3.05, 3.63) is 60.8 Å². The molecule has 4 rings (SSSR count). The van der Waals surface area contributed by atoms with Crippen molar-refractivity contribution in [1.29, 1.82) is 0 Å². The average molecular weight is 459 g/mol. The van der Waals surface area contributed by atoms with Crippen LogP contribution in [0.3, 0.4) is 0 Å². The van der Waals surface area contributed by atoms with E-state index in [0.717, 1.165) is 12.1 Å². The standard InChI is InChI=1S/C19H13N3O7S2/c23-19-14(10-16(31(27,28)29)13-6-3-9-20-18(13)19)21-22-17-12-5-2-1-4-11(12)7-8-15(17)30(24,25)26/h1-10,23H,(H,24,25,26)(H,27,28,29). The van der Waals surface area contributed by atoms with E-state index in [2.05, 4.69) is 15.2 Å². The quantitative estimate of drug-likeness (QED) is 0.304. The van der Waals surface area contributed by atoms with Crippen LogP contribution >= 0.6 is 0 Å². The molecule has 0 fully saturated rings. The van der Waals surface area contributed by atoms with Gasteiger partial charge in [-0.2, -0.15) is 16.8 Å². The van der Waals surface area contributed by atoms with Gasteiger partial charge in [-0.3, -0.25) is 14.1 Å². The van der Waals surface area contributed by atoms with Gasteiger partial charge in [-0.25, -0.2) is 0 Å². The Kier molecular flexibility index (Phi) is 4.94. The summed E-state index contributed by atoms with van der Waals surface area (Å²) < 4.78 is 66.4. The molecule has 0 saturated carbocycles. The highest BCUT2D eigenvalue weighted by Crippen LogP contribution is 2.40. The van der Waals surface area contributed by atoms with E-state index >= 15 is 0 Å². The van der Waals surface area contributed by atoms with Crippen LogP contribution in [-0.2, 0) is 20.2 Å². The smallest absolute Gasteiger partial charge is 0.296 e. The average Bonchev–Trinajstić information content (AvgIpc) is 2.71. The zero-order chi connectivity index (χ0) is 22.4. The Labute approximate surface area is 176 Å². The van der Waals surface area contributed by atoms with Gasteiger partial charge in [-0.1, -0.05) is 30.3 Å². The number of pyridine rings is 1. The zero-order valence-electron chi connectivity index (χ0n) is 15.4. The van der Waals surface area contributed by atoms with Crippen molar-refractivity contribution >= 4 is 53.3 Å². The molecule has 0 spiro atoms. The maximum absolute atomic E-state index is 11.8. The lowest BCUT2D eigenvalue weighted by molar-refractivity contribution is 0.478. The molecule has 1 heterocycles. The molecule has 0 unspecified atom stereocenters. The van der Waals surface area contributed by atoms with E-state index in [1.165, 1.54) is 24.4 Å². The summed E-state index contributed by atoms with van der Waals surface area (Å²) in [5.74, 6) is -0.527. The summed E-state index contributed by atoms with van der Waals surface area (Å²) in [4.78, 5) is 2.83. The van der Waals surface area contributed by atoms with Crippen LogP contribution in [0.5, 0.6) is 5.75 Å². The van der Waals surface area contributed by atoms with Gasteiger partial charge in [0.2, 0.25) is 0 Å². The Morgan fingerprint density at radius 1 is 0.774 bits per heavy atom. The highest BCUT2D eigenvalue weighted by atomic mass is 32.2. The number of azo groups is 1. The van der Waals surface area contributed by atoms with Crippen molar-refractivity contribution in [3.8, 4) is 5.75 Å². The summed E-state index contributed by atoms with van der Waals surface area (Å²) in [6, 6.07) is 12.9.